The molecule has 2 amide bonds. The van der Waals surface area contributed by atoms with Crippen molar-refractivity contribution in [3.63, 3.8) is 0 Å². The second-order valence-electron chi connectivity index (χ2n) is 8.27. The molecule has 28 heavy (non-hydrogen) atoms. The Balaban J connectivity index is 0.00000225. The van der Waals surface area contributed by atoms with Crippen molar-refractivity contribution in [1.82, 2.24) is 10.2 Å². The summed E-state index contributed by atoms with van der Waals surface area (Å²) in [6.07, 6.45) is 4.21. The number of anilines is 2. The van der Waals surface area contributed by atoms with E-state index in [1.54, 1.807) is 0 Å². The number of carbonyl (C=O) groups excluding carboxylic acids is 2. The summed E-state index contributed by atoms with van der Waals surface area (Å²) in [5.74, 6) is 0.856. The molecule has 154 valence electrons. The number of hydrogen-bond donors (Lipinski definition) is 2. The third-order valence-electron chi connectivity index (χ3n) is 6.24. The van der Waals surface area contributed by atoms with Crippen LogP contribution in [0.5, 0.6) is 0 Å². The van der Waals surface area contributed by atoms with Gasteiger partial charge in [-0.15, -0.1) is 12.4 Å². The Bertz CT molecular complexity index is 720. The molecular weight excluding hydrogens is 376 g/mol. The van der Waals surface area contributed by atoms with E-state index < -0.39 is 5.54 Å². The van der Waals surface area contributed by atoms with Crippen LogP contribution in [0.15, 0.2) is 24.3 Å². The molecule has 2 N–H and O–H groups in total. The highest BCUT2D eigenvalue weighted by molar-refractivity contribution is 6.08. The summed E-state index contributed by atoms with van der Waals surface area (Å²) in [4.78, 5) is 30.0. The van der Waals surface area contributed by atoms with Crippen LogP contribution in [0.3, 0.4) is 0 Å². The monoisotopic (exact) mass is 406 g/mol. The molecule has 3 aliphatic heterocycles. The van der Waals surface area contributed by atoms with E-state index in [-0.39, 0.29) is 24.2 Å². The van der Waals surface area contributed by atoms with Gasteiger partial charge in [0.05, 0.1) is 11.4 Å². The summed E-state index contributed by atoms with van der Waals surface area (Å²) < 4.78 is 0. The van der Waals surface area contributed by atoms with Crippen molar-refractivity contribution >= 4 is 35.6 Å². The Morgan fingerprint density at radius 2 is 2.00 bits per heavy atom. The first-order valence-electron chi connectivity index (χ1n) is 10.3. The zero-order valence-electron chi connectivity index (χ0n) is 16.6. The Labute approximate surface area is 173 Å². The number of para-hydroxylation sites is 2. The van der Waals surface area contributed by atoms with Crippen molar-refractivity contribution < 1.29 is 9.59 Å². The molecule has 0 bridgehead atoms. The van der Waals surface area contributed by atoms with Crippen molar-refractivity contribution in [2.45, 2.75) is 44.6 Å². The number of nitrogens with zero attached hydrogens (tertiary/aromatic N) is 2. The van der Waals surface area contributed by atoms with Crippen molar-refractivity contribution in [1.29, 1.82) is 0 Å². The van der Waals surface area contributed by atoms with Gasteiger partial charge in [-0.1, -0.05) is 19.1 Å². The van der Waals surface area contributed by atoms with E-state index >= 15 is 0 Å². The molecule has 1 unspecified atom stereocenters. The molecule has 1 atom stereocenters. The molecule has 1 aromatic rings. The van der Waals surface area contributed by atoms with E-state index in [1.165, 1.54) is 6.42 Å². The van der Waals surface area contributed by atoms with Crippen LogP contribution in [0, 0.1) is 5.92 Å². The first kappa shape index (κ1) is 20.9. The number of nitrogens with one attached hydrogen (secondary N) is 2. The second kappa shape index (κ2) is 8.70. The Hall–Kier alpha value is -1.79. The minimum absolute atomic E-state index is 0. The largest absolute Gasteiger partial charge is 0.369 e. The van der Waals surface area contributed by atoms with Crippen LogP contribution in [-0.4, -0.2) is 55.0 Å². The molecule has 6 nitrogen and oxygen atoms in total. The lowest BCUT2D eigenvalue weighted by molar-refractivity contribution is -0.132. The topological polar surface area (TPSA) is 64.7 Å². The third-order valence-corrected chi connectivity index (χ3v) is 6.24. The first-order valence-corrected chi connectivity index (χ1v) is 10.3. The van der Waals surface area contributed by atoms with Crippen molar-refractivity contribution in [2.24, 2.45) is 5.92 Å². The number of benzene rings is 1. The Morgan fingerprint density at radius 1 is 1.25 bits per heavy atom. The fourth-order valence-electron chi connectivity index (χ4n) is 4.69. The Kier molecular flexibility index (Phi) is 6.50. The van der Waals surface area contributed by atoms with E-state index in [0.29, 0.717) is 18.9 Å². The number of carbonyl (C=O) groups is 2. The summed E-state index contributed by atoms with van der Waals surface area (Å²) >= 11 is 0. The summed E-state index contributed by atoms with van der Waals surface area (Å²) in [6.45, 7) is 6.02. The van der Waals surface area contributed by atoms with Crippen LogP contribution < -0.4 is 15.5 Å². The van der Waals surface area contributed by atoms with Gasteiger partial charge in [-0.05, 0) is 56.8 Å². The van der Waals surface area contributed by atoms with Crippen LogP contribution in [0.1, 0.15) is 39.0 Å². The van der Waals surface area contributed by atoms with Crippen molar-refractivity contribution in [3.05, 3.63) is 24.3 Å². The summed E-state index contributed by atoms with van der Waals surface area (Å²) in [6, 6.07) is 7.96. The number of piperidine rings is 2. The van der Waals surface area contributed by atoms with E-state index in [1.807, 2.05) is 34.1 Å². The van der Waals surface area contributed by atoms with E-state index in [0.717, 1.165) is 56.8 Å². The van der Waals surface area contributed by atoms with Crippen LogP contribution >= 0.6 is 12.4 Å². The first-order chi connectivity index (χ1) is 13.1. The highest BCUT2D eigenvalue weighted by atomic mass is 35.5. The second-order valence-corrected chi connectivity index (χ2v) is 8.27. The molecule has 0 aromatic heterocycles. The van der Waals surface area contributed by atoms with Crippen LogP contribution in [0.2, 0.25) is 0 Å². The minimum Gasteiger partial charge on any atom is -0.369 e. The van der Waals surface area contributed by atoms with Gasteiger partial charge >= 0.3 is 0 Å². The minimum atomic E-state index is -0.539. The average molecular weight is 407 g/mol. The van der Waals surface area contributed by atoms with Gasteiger partial charge in [0.15, 0.2) is 0 Å². The average Bonchev–Trinajstić information content (AvgIpc) is 2.69. The van der Waals surface area contributed by atoms with Crippen molar-refractivity contribution in [3.8, 4) is 0 Å². The van der Waals surface area contributed by atoms with E-state index in [9.17, 15) is 9.59 Å². The number of halogens is 1. The zero-order chi connectivity index (χ0) is 18.9. The van der Waals surface area contributed by atoms with Gasteiger partial charge in [-0.3, -0.25) is 9.59 Å². The molecule has 4 rings (SSSR count). The lowest BCUT2D eigenvalue weighted by atomic mass is 9.84. The smallest absolute Gasteiger partial charge is 0.252 e. The van der Waals surface area contributed by atoms with Crippen LogP contribution in [0.4, 0.5) is 11.4 Å². The lowest BCUT2D eigenvalue weighted by Crippen LogP contribution is -2.61. The Morgan fingerprint density at radius 3 is 2.75 bits per heavy atom. The molecule has 2 saturated heterocycles. The van der Waals surface area contributed by atoms with Gasteiger partial charge in [0.1, 0.15) is 5.54 Å². The van der Waals surface area contributed by atoms with Gasteiger partial charge < -0.3 is 20.4 Å². The molecular formula is C21H31ClN4O2. The molecule has 3 aliphatic rings. The lowest BCUT2D eigenvalue weighted by Gasteiger charge is -2.46. The van der Waals surface area contributed by atoms with Gasteiger partial charge in [0.25, 0.3) is 5.91 Å². The normalized spacial score (nSPS) is 23.6. The van der Waals surface area contributed by atoms with Gasteiger partial charge in [-0.2, -0.15) is 0 Å². The van der Waals surface area contributed by atoms with Crippen LogP contribution in [-0.2, 0) is 9.59 Å². The fourth-order valence-corrected chi connectivity index (χ4v) is 4.69. The number of likely N-dealkylation sites (tertiary alicyclic amines) is 1. The standard InChI is InChI=1S/C21H30N4O2.ClH/c1-16-5-4-13-24(15-16)19(26)8-14-25-18-7-3-2-6-17(18)23-21(20(25)27)9-11-22-12-10-21;/h2-3,6-7,16,22-23H,4-5,8-15H2,1H3;1H. The quantitative estimate of drug-likeness (QED) is 0.809. The molecule has 7 heteroatoms. The number of amides is 2. The zero-order valence-corrected chi connectivity index (χ0v) is 17.4. The molecule has 1 aromatic carbocycles. The molecule has 0 saturated carbocycles. The van der Waals surface area contributed by atoms with Gasteiger partial charge in [0.2, 0.25) is 5.91 Å². The maximum atomic E-state index is 13.4. The summed E-state index contributed by atoms with van der Waals surface area (Å²) in [5.41, 5.74) is 1.35. The van der Waals surface area contributed by atoms with Gasteiger partial charge in [0, 0.05) is 26.1 Å². The predicted molar refractivity (Wildman–Crippen MR) is 114 cm³/mol. The summed E-state index contributed by atoms with van der Waals surface area (Å²) in [5, 5.41) is 6.86. The van der Waals surface area contributed by atoms with E-state index in [2.05, 4.69) is 17.6 Å². The number of hydrogen-bond acceptors (Lipinski definition) is 4. The molecule has 0 radical (unpaired) electrons. The van der Waals surface area contributed by atoms with E-state index in [4.69, 9.17) is 0 Å². The van der Waals surface area contributed by atoms with Gasteiger partial charge in [-0.25, -0.2) is 0 Å². The van der Waals surface area contributed by atoms with Crippen LogP contribution in [0.25, 0.3) is 0 Å². The van der Waals surface area contributed by atoms with Crippen molar-refractivity contribution in [2.75, 3.05) is 42.9 Å². The molecule has 1 spiro atoms. The summed E-state index contributed by atoms with van der Waals surface area (Å²) in [7, 11) is 0. The SMILES string of the molecule is CC1CCCN(C(=O)CCN2C(=O)C3(CCNCC3)Nc3ccccc32)C1.Cl. The predicted octanol–water partition coefficient (Wildman–Crippen LogP) is 2.64. The molecule has 3 heterocycles. The fraction of sp³-hybridized carbons (Fsp3) is 0.619. The highest BCUT2D eigenvalue weighted by Gasteiger charge is 2.46. The third kappa shape index (κ3) is 3.98. The molecule has 2 fully saturated rings. The maximum Gasteiger partial charge on any atom is 0.252 e. The number of fused-ring (bicyclic) bond motifs is 1. The number of rotatable bonds is 3. The maximum absolute atomic E-state index is 13.4. The highest BCUT2D eigenvalue weighted by Crippen LogP contribution is 2.39. The molecule has 0 aliphatic carbocycles.